The molecule has 0 radical (unpaired) electrons. The van der Waals surface area contributed by atoms with Gasteiger partial charge in [0.1, 0.15) is 5.54 Å². The molecule has 18 heavy (non-hydrogen) atoms. The summed E-state index contributed by atoms with van der Waals surface area (Å²) in [6, 6.07) is 0.390. The lowest BCUT2D eigenvalue weighted by molar-refractivity contribution is -0.136. The van der Waals surface area contributed by atoms with Crippen LogP contribution in [0.25, 0.3) is 0 Å². The highest BCUT2D eigenvalue weighted by Crippen LogP contribution is 2.27. The van der Waals surface area contributed by atoms with Gasteiger partial charge in [0.2, 0.25) is 11.8 Å². The number of alkyl halides is 1. The minimum Gasteiger partial charge on any atom is -0.408 e. The maximum atomic E-state index is 12.1. The van der Waals surface area contributed by atoms with Crippen molar-refractivity contribution < 1.29 is 9.21 Å². The zero-order chi connectivity index (χ0) is 13.3. The van der Waals surface area contributed by atoms with Crippen molar-refractivity contribution in [1.29, 1.82) is 0 Å². The number of rotatable bonds is 3. The largest absolute Gasteiger partial charge is 0.408 e. The van der Waals surface area contributed by atoms with Crippen LogP contribution in [-0.4, -0.2) is 52.6 Å². The number of amides is 1. The first-order chi connectivity index (χ1) is 8.46. The van der Waals surface area contributed by atoms with Gasteiger partial charge in [-0.1, -0.05) is 5.10 Å². The molecule has 1 aromatic rings. The molecule has 0 aromatic carbocycles. The summed E-state index contributed by atoms with van der Waals surface area (Å²) in [6.07, 6.45) is 0.538. The van der Waals surface area contributed by atoms with Crippen LogP contribution < -0.4 is 4.90 Å². The molecule has 0 unspecified atom stereocenters. The number of carbonyl (C=O) groups is 1. The Labute approximate surface area is 111 Å². The summed E-state index contributed by atoms with van der Waals surface area (Å²) >= 11 is 5.63. The molecular weight excluding hydrogens is 256 g/mol. The fourth-order valence-electron chi connectivity index (χ4n) is 2.08. The quantitative estimate of drug-likeness (QED) is 0.766. The second-order valence-corrected chi connectivity index (χ2v) is 5.23. The summed E-state index contributed by atoms with van der Waals surface area (Å²) in [5, 5.41) is 7.92. The molecule has 1 aliphatic heterocycles. The van der Waals surface area contributed by atoms with Crippen LogP contribution in [0, 0.1) is 0 Å². The van der Waals surface area contributed by atoms with Gasteiger partial charge >= 0.3 is 6.01 Å². The third-order valence-electron chi connectivity index (χ3n) is 3.20. The standard InChI is InChI=1S/C11H17ClN4O2/c1-11(2)9(17)15(3)6-7-16(11)10-14-13-8(18-10)4-5-12/h4-7H2,1-3H3. The Balaban J connectivity index is 2.23. The van der Waals surface area contributed by atoms with Crippen LogP contribution in [0.1, 0.15) is 19.7 Å². The molecule has 1 aromatic heterocycles. The number of anilines is 1. The average Bonchev–Trinajstić information content (AvgIpc) is 2.75. The van der Waals surface area contributed by atoms with E-state index in [1.807, 2.05) is 18.7 Å². The van der Waals surface area contributed by atoms with Gasteiger partial charge in [-0.25, -0.2) is 0 Å². The monoisotopic (exact) mass is 272 g/mol. The zero-order valence-corrected chi connectivity index (χ0v) is 11.6. The van der Waals surface area contributed by atoms with E-state index in [2.05, 4.69) is 10.2 Å². The Morgan fingerprint density at radius 2 is 2.11 bits per heavy atom. The van der Waals surface area contributed by atoms with E-state index < -0.39 is 5.54 Å². The lowest BCUT2D eigenvalue weighted by Gasteiger charge is -2.43. The van der Waals surface area contributed by atoms with Crippen molar-refractivity contribution in [2.45, 2.75) is 25.8 Å². The molecule has 0 saturated carbocycles. The summed E-state index contributed by atoms with van der Waals surface area (Å²) in [5.41, 5.74) is -0.669. The van der Waals surface area contributed by atoms with E-state index in [0.29, 0.717) is 37.3 Å². The molecule has 0 spiro atoms. The van der Waals surface area contributed by atoms with Gasteiger partial charge in [-0.2, -0.15) is 0 Å². The predicted octanol–water partition coefficient (Wildman–Crippen LogP) is 0.908. The minimum atomic E-state index is -0.669. The number of hydrogen-bond donors (Lipinski definition) is 0. The number of halogens is 1. The molecule has 1 fully saturated rings. The average molecular weight is 273 g/mol. The normalized spacial score (nSPS) is 19.4. The van der Waals surface area contributed by atoms with E-state index in [0.717, 1.165) is 0 Å². The van der Waals surface area contributed by atoms with Gasteiger partial charge in [-0.3, -0.25) is 4.79 Å². The number of likely N-dealkylation sites (N-methyl/N-ethyl adjacent to an activating group) is 1. The molecular formula is C11H17ClN4O2. The summed E-state index contributed by atoms with van der Waals surface area (Å²) in [4.78, 5) is 15.7. The molecule has 1 amide bonds. The maximum Gasteiger partial charge on any atom is 0.319 e. The second kappa shape index (κ2) is 4.76. The number of carbonyl (C=O) groups excluding carboxylic acids is 1. The third kappa shape index (κ3) is 2.16. The number of piperazine rings is 1. The van der Waals surface area contributed by atoms with Gasteiger partial charge in [-0.15, -0.1) is 16.7 Å². The molecule has 100 valence electrons. The molecule has 6 nitrogen and oxygen atoms in total. The topological polar surface area (TPSA) is 62.5 Å². The van der Waals surface area contributed by atoms with Gasteiger partial charge in [0.25, 0.3) is 0 Å². The smallest absolute Gasteiger partial charge is 0.319 e. The summed E-state index contributed by atoms with van der Waals surface area (Å²) in [5.74, 6) is 0.986. The predicted molar refractivity (Wildman–Crippen MR) is 67.8 cm³/mol. The van der Waals surface area contributed by atoms with Crippen molar-refractivity contribution in [2.75, 3.05) is 30.9 Å². The number of nitrogens with zero attached hydrogens (tertiary/aromatic N) is 4. The first kappa shape index (κ1) is 13.1. The highest BCUT2D eigenvalue weighted by molar-refractivity contribution is 6.17. The van der Waals surface area contributed by atoms with E-state index in [1.54, 1.807) is 11.9 Å². The van der Waals surface area contributed by atoms with Gasteiger partial charge < -0.3 is 14.2 Å². The van der Waals surface area contributed by atoms with Crippen LogP contribution in [0.15, 0.2) is 4.42 Å². The molecule has 7 heteroatoms. The van der Waals surface area contributed by atoms with Crippen LogP contribution in [0.4, 0.5) is 6.01 Å². The Kier molecular flexibility index (Phi) is 3.47. The first-order valence-electron chi connectivity index (χ1n) is 5.88. The molecule has 0 atom stereocenters. The molecule has 0 N–H and O–H groups in total. The van der Waals surface area contributed by atoms with Gasteiger partial charge in [-0.05, 0) is 13.8 Å². The lowest BCUT2D eigenvalue weighted by atomic mass is 9.98. The number of aromatic nitrogens is 2. The van der Waals surface area contributed by atoms with Gasteiger partial charge in [0, 0.05) is 32.4 Å². The lowest BCUT2D eigenvalue weighted by Crippen LogP contribution is -2.62. The fourth-order valence-corrected chi connectivity index (χ4v) is 2.25. The van der Waals surface area contributed by atoms with Crippen LogP contribution in [0.5, 0.6) is 0 Å². The van der Waals surface area contributed by atoms with Crippen molar-refractivity contribution in [3.8, 4) is 0 Å². The third-order valence-corrected chi connectivity index (χ3v) is 3.39. The van der Waals surface area contributed by atoms with E-state index in [4.69, 9.17) is 16.0 Å². The Morgan fingerprint density at radius 1 is 1.39 bits per heavy atom. The Morgan fingerprint density at radius 3 is 2.78 bits per heavy atom. The number of aryl methyl sites for hydroxylation is 1. The van der Waals surface area contributed by atoms with Crippen LogP contribution in [0.3, 0.4) is 0 Å². The van der Waals surface area contributed by atoms with Crippen molar-refractivity contribution in [1.82, 2.24) is 15.1 Å². The summed E-state index contributed by atoms with van der Waals surface area (Å²) < 4.78 is 5.53. The van der Waals surface area contributed by atoms with Crippen molar-refractivity contribution in [3.63, 3.8) is 0 Å². The molecule has 1 saturated heterocycles. The second-order valence-electron chi connectivity index (χ2n) is 4.85. The van der Waals surface area contributed by atoms with E-state index >= 15 is 0 Å². The molecule has 2 rings (SSSR count). The molecule has 1 aliphatic rings. The van der Waals surface area contributed by atoms with E-state index in [-0.39, 0.29) is 5.91 Å². The van der Waals surface area contributed by atoms with E-state index in [9.17, 15) is 4.79 Å². The first-order valence-corrected chi connectivity index (χ1v) is 6.42. The Hall–Kier alpha value is -1.30. The van der Waals surface area contributed by atoms with Gasteiger partial charge in [0.05, 0.1) is 0 Å². The van der Waals surface area contributed by atoms with Crippen LogP contribution >= 0.6 is 11.6 Å². The van der Waals surface area contributed by atoms with Crippen LogP contribution in [0.2, 0.25) is 0 Å². The SMILES string of the molecule is CN1CCN(c2nnc(CCCl)o2)C(C)(C)C1=O. The van der Waals surface area contributed by atoms with Crippen molar-refractivity contribution >= 4 is 23.5 Å². The van der Waals surface area contributed by atoms with Gasteiger partial charge in [0.15, 0.2) is 0 Å². The molecule has 0 bridgehead atoms. The minimum absolute atomic E-state index is 0.0471. The van der Waals surface area contributed by atoms with E-state index in [1.165, 1.54) is 0 Å². The maximum absolute atomic E-state index is 12.1. The highest BCUT2D eigenvalue weighted by Gasteiger charge is 2.42. The Bertz CT molecular complexity index is 446. The summed E-state index contributed by atoms with van der Waals surface area (Å²) in [6.45, 7) is 5.04. The fraction of sp³-hybridized carbons (Fsp3) is 0.727. The summed E-state index contributed by atoms with van der Waals surface area (Å²) in [7, 11) is 1.80. The number of hydrogen-bond acceptors (Lipinski definition) is 5. The zero-order valence-electron chi connectivity index (χ0n) is 10.8. The molecule has 2 heterocycles. The van der Waals surface area contributed by atoms with Crippen molar-refractivity contribution in [3.05, 3.63) is 5.89 Å². The van der Waals surface area contributed by atoms with Crippen molar-refractivity contribution in [2.24, 2.45) is 0 Å². The van der Waals surface area contributed by atoms with Crippen LogP contribution in [-0.2, 0) is 11.2 Å². The highest BCUT2D eigenvalue weighted by atomic mass is 35.5. The molecule has 0 aliphatic carbocycles.